The van der Waals surface area contributed by atoms with Gasteiger partial charge < -0.3 is 10.5 Å². The van der Waals surface area contributed by atoms with Gasteiger partial charge in [-0.1, -0.05) is 0 Å². The SMILES string of the molecule is COCCN(C1CC1)C(CN)c1cc(Br)cs1. The maximum atomic E-state index is 5.96. The monoisotopic (exact) mass is 318 g/mol. The zero-order valence-corrected chi connectivity index (χ0v) is 12.5. The smallest absolute Gasteiger partial charge is 0.0590 e. The first-order valence-corrected chi connectivity index (χ1v) is 7.62. The molecule has 0 aromatic carbocycles. The highest BCUT2D eigenvalue weighted by atomic mass is 79.9. The molecule has 1 unspecified atom stereocenters. The average molecular weight is 319 g/mol. The maximum Gasteiger partial charge on any atom is 0.0590 e. The molecule has 1 aromatic heterocycles. The largest absolute Gasteiger partial charge is 0.383 e. The maximum absolute atomic E-state index is 5.96. The van der Waals surface area contributed by atoms with Crippen LogP contribution in [-0.4, -0.2) is 37.7 Å². The normalized spacial score (nSPS) is 17.6. The molecule has 0 bridgehead atoms. The van der Waals surface area contributed by atoms with Gasteiger partial charge in [0.2, 0.25) is 0 Å². The molecule has 1 saturated carbocycles. The summed E-state index contributed by atoms with van der Waals surface area (Å²) >= 11 is 5.29. The fraction of sp³-hybridized carbons (Fsp3) is 0.667. The Morgan fingerprint density at radius 3 is 2.88 bits per heavy atom. The van der Waals surface area contributed by atoms with Crippen LogP contribution in [0.15, 0.2) is 15.9 Å². The van der Waals surface area contributed by atoms with E-state index in [1.165, 1.54) is 17.7 Å². The Hall–Kier alpha value is 0.0600. The van der Waals surface area contributed by atoms with Crippen LogP contribution < -0.4 is 5.73 Å². The van der Waals surface area contributed by atoms with Gasteiger partial charge in [-0.2, -0.15) is 0 Å². The Balaban J connectivity index is 2.08. The summed E-state index contributed by atoms with van der Waals surface area (Å²) in [5.74, 6) is 0. The summed E-state index contributed by atoms with van der Waals surface area (Å²) in [6, 6.07) is 3.23. The number of thiophene rings is 1. The van der Waals surface area contributed by atoms with Gasteiger partial charge in [-0.3, -0.25) is 4.90 Å². The molecule has 1 aliphatic carbocycles. The molecule has 17 heavy (non-hydrogen) atoms. The number of halogens is 1. The van der Waals surface area contributed by atoms with Crippen LogP contribution in [0.5, 0.6) is 0 Å². The van der Waals surface area contributed by atoms with Crippen molar-refractivity contribution in [2.75, 3.05) is 26.8 Å². The van der Waals surface area contributed by atoms with E-state index in [1.807, 2.05) is 0 Å². The molecule has 1 atom stereocenters. The number of methoxy groups -OCH3 is 1. The van der Waals surface area contributed by atoms with Crippen LogP contribution in [0.2, 0.25) is 0 Å². The van der Waals surface area contributed by atoms with E-state index in [0.29, 0.717) is 18.6 Å². The Labute approximate surface area is 115 Å². The zero-order valence-electron chi connectivity index (χ0n) is 10.1. The van der Waals surface area contributed by atoms with Gasteiger partial charge in [0.25, 0.3) is 0 Å². The third kappa shape index (κ3) is 3.51. The summed E-state index contributed by atoms with van der Waals surface area (Å²) in [4.78, 5) is 3.85. The highest BCUT2D eigenvalue weighted by Gasteiger charge is 2.34. The predicted molar refractivity (Wildman–Crippen MR) is 75.4 cm³/mol. The molecule has 0 aliphatic heterocycles. The Morgan fingerprint density at radius 2 is 2.41 bits per heavy atom. The van der Waals surface area contributed by atoms with Crippen molar-refractivity contribution in [2.24, 2.45) is 5.73 Å². The Morgan fingerprint density at radius 1 is 1.65 bits per heavy atom. The lowest BCUT2D eigenvalue weighted by Gasteiger charge is -2.30. The van der Waals surface area contributed by atoms with Crippen LogP contribution in [-0.2, 0) is 4.74 Å². The minimum Gasteiger partial charge on any atom is -0.383 e. The first kappa shape index (κ1) is 13.5. The van der Waals surface area contributed by atoms with Crippen molar-refractivity contribution in [1.29, 1.82) is 0 Å². The van der Waals surface area contributed by atoms with Gasteiger partial charge in [0.1, 0.15) is 0 Å². The van der Waals surface area contributed by atoms with Crippen molar-refractivity contribution in [3.63, 3.8) is 0 Å². The molecule has 3 nitrogen and oxygen atoms in total. The van der Waals surface area contributed by atoms with Gasteiger partial charge in [0.05, 0.1) is 12.6 Å². The van der Waals surface area contributed by atoms with E-state index in [1.54, 1.807) is 18.4 Å². The lowest BCUT2D eigenvalue weighted by atomic mass is 10.2. The third-order valence-electron chi connectivity index (χ3n) is 3.11. The van der Waals surface area contributed by atoms with E-state index in [0.717, 1.165) is 17.6 Å². The number of nitrogens with two attached hydrogens (primary N) is 1. The number of hydrogen-bond acceptors (Lipinski definition) is 4. The van der Waals surface area contributed by atoms with Crippen molar-refractivity contribution >= 4 is 27.3 Å². The van der Waals surface area contributed by atoms with Crippen LogP contribution in [0.4, 0.5) is 0 Å². The van der Waals surface area contributed by atoms with Gasteiger partial charge in [0.15, 0.2) is 0 Å². The summed E-state index contributed by atoms with van der Waals surface area (Å²) in [6.45, 7) is 2.42. The average Bonchev–Trinajstić information content (AvgIpc) is 3.08. The van der Waals surface area contributed by atoms with E-state index in [-0.39, 0.29) is 0 Å². The van der Waals surface area contributed by atoms with Crippen LogP contribution >= 0.6 is 27.3 Å². The van der Waals surface area contributed by atoms with E-state index in [9.17, 15) is 0 Å². The van der Waals surface area contributed by atoms with Crippen LogP contribution in [0.1, 0.15) is 23.8 Å². The van der Waals surface area contributed by atoms with Crippen molar-refractivity contribution < 1.29 is 4.74 Å². The second kappa shape index (κ2) is 6.29. The lowest BCUT2D eigenvalue weighted by molar-refractivity contribution is 0.117. The topological polar surface area (TPSA) is 38.5 Å². The molecule has 2 rings (SSSR count). The van der Waals surface area contributed by atoms with Gasteiger partial charge in [-0.25, -0.2) is 0 Å². The number of ether oxygens (including phenoxy) is 1. The summed E-state index contributed by atoms with van der Waals surface area (Å²) in [5.41, 5.74) is 5.96. The molecule has 0 spiro atoms. The summed E-state index contributed by atoms with van der Waals surface area (Å²) in [5, 5.41) is 2.12. The highest BCUT2D eigenvalue weighted by Crippen LogP contribution is 2.36. The molecule has 0 amide bonds. The summed E-state index contributed by atoms with van der Waals surface area (Å²) in [7, 11) is 1.75. The molecule has 1 heterocycles. The van der Waals surface area contributed by atoms with Crippen molar-refractivity contribution in [2.45, 2.75) is 24.9 Å². The van der Waals surface area contributed by atoms with Crippen molar-refractivity contribution in [3.05, 3.63) is 20.8 Å². The Kier molecular flexibility index (Phi) is 4.99. The predicted octanol–water partition coefficient (Wildman–Crippen LogP) is 2.62. The standard InChI is InChI=1S/C12H19BrN2OS/c1-16-5-4-15(10-2-3-10)11(7-14)12-6-9(13)8-17-12/h6,8,10-11H,2-5,7,14H2,1H3. The van der Waals surface area contributed by atoms with Gasteiger partial charge in [-0.15, -0.1) is 11.3 Å². The van der Waals surface area contributed by atoms with Gasteiger partial charge in [0, 0.05) is 41.0 Å². The molecule has 2 N–H and O–H groups in total. The molecule has 96 valence electrons. The molecule has 0 radical (unpaired) electrons. The molecular formula is C12H19BrN2OS. The third-order valence-corrected chi connectivity index (χ3v) is 4.90. The fourth-order valence-electron chi connectivity index (χ4n) is 2.11. The van der Waals surface area contributed by atoms with Gasteiger partial charge in [-0.05, 0) is 34.8 Å². The number of rotatable bonds is 7. The first-order chi connectivity index (χ1) is 8.26. The molecule has 0 saturated heterocycles. The zero-order chi connectivity index (χ0) is 12.3. The molecule has 1 aliphatic rings. The van der Waals surface area contributed by atoms with Crippen LogP contribution in [0.25, 0.3) is 0 Å². The van der Waals surface area contributed by atoms with Crippen molar-refractivity contribution in [1.82, 2.24) is 4.90 Å². The highest BCUT2D eigenvalue weighted by molar-refractivity contribution is 9.10. The molecular weight excluding hydrogens is 300 g/mol. The molecule has 1 aromatic rings. The quantitative estimate of drug-likeness (QED) is 0.840. The van der Waals surface area contributed by atoms with Crippen LogP contribution in [0.3, 0.4) is 0 Å². The van der Waals surface area contributed by atoms with E-state index in [4.69, 9.17) is 10.5 Å². The number of hydrogen-bond donors (Lipinski definition) is 1. The lowest BCUT2D eigenvalue weighted by Crippen LogP contribution is -2.37. The summed E-state index contributed by atoms with van der Waals surface area (Å²) < 4.78 is 6.35. The summed E-state index contributed by atoms with van der Waals surface area (Å²) in [6.07, 6.45) is 2.60. The minimum absolute atomic E-state index is 0.342. The van der Waals surface area contributed by atoms with Crippen LogP contribution in [0, 0.1) is 0 Å². The van der Waals surface area contributed by atoms with Crippen molar-refractivity contribution in [3.8, 4) is 0 Å². The molecule has 5 heteroatoms. The van der Waals surface area contributed by atoms with Gasteiger partial charge >= 0.3 is 0 Å². The first-order valence-electron chi connectivity index (χ1n) is 5.95. The minimum atomic E-state index is 0.342. The second-order valence-corrected chi connectivity index (χ2v) is 6.24. The fourth-order valence-corrected chi connectivity index (χ4v) is 3.69. The van der Waals surface area contributed by atoms with E-state index < -0.39 is 0 Å². The number of nitrogens with zero attached hydrogens (tertiary/aromatic N) is 1. The second-order valence-electron chi connectivity index (χ2n) is 4.38. The Bertz CT molecular complexity index is 354. The van der Waals surface area contributed by atoms with E-state index in [2.05, 4.69) is 32.3 Å². The molecule has 1 fully saturated rings. The van der Waals surface area contributed by atoms with E-state index >= 15 is 0 Å².